The van der Waals surface area contributed by atoms with Crippen LogP contribution in [0.4, 0.5) is 0 Å². The maximum absolute atomic E-state index is 11.4. The van der Waals surface area contributed by atoms with Crippen molar-refractivity contribution in [3.63, 3.8) is 0 Å². The molecule has 0 saturated carbocycles. The number of aromatic nitrogens is 2. The second-order valence-corrected chi connectivity index (χ2v) is 5.24. The molecule has 1 unspecified atom stereocenters. The highest BCUT2D eigenvalue weighted by Crippen LogP contribution is 2.34. The van der Waals surface area contributed by atoms with Gasteiger partial charge in [0.15, 0.2) is 11.5 Å². The molecule has 0 amide bonds. The standard InChI is InChI=1S/C13H17N3O3/c1-13(4-2-6-19-13)12-15-9-3-5-14-7-8(9)10(16-12)11(17)18/h14H,2-7H2,1H3,(H,17,18). The average Bonchev–Trinajstić information content (AvgIpc) is 2.85. The number of carboxylic acid groups (broad SMARTS) is 1. The zero-order valence-electron chi connectivity index (χ0n) is 10.9. The van der Waals surface area contributed by atoms with Crippen molar-refractivity contribution >= 4 is 5.97 Å². The summed E-state index contributed by atoms with van der Waals surface area (Å²) in [6.07, 6.45) is 2.53. The summed E-state index contributed by atoms with van der Waals surface area (Å²) in [7, 11) is 0. The lowest BCUT2D eigenvalue weighted by molar-refractivity contribution is 0.00881. The van der Waals surface area contributed by atoms with Gasteiger partial charge < -0.3 is 15.2 Å². The Labute approximate surface area is 111 Å². The summed E-state index contributed by atoms with van der Waals surface area (Å²) >= 11 is 0. The summed E-state index contributed by atoms with van der Waals surface area (Å²) < 4.78 is 5.72. The Balaban J connectivity index is 2.11. The third-order valence-electron chi connectivity index (χ3n) is 3.83. The normalized spacial score (nSPS) is 26.2. The largest absolute Gasteiger partial charge is 0.476 e. The van der Waals surface area contributed by atoms with Gasteiger partial charge in [-0.25, -0.2) is 14.8 Å². The number of ether oxygens (including phenoxy) is 1. The molecular formula is C13H17N3O3. The number of carboxylic acids is 1. The third kappa shape index (κ3) is 2.11. The Morgan fingerprint density at radius 3 is 3.00 bits per heavy atom. The smallest absolute Gasteiger partial charge is 0.354 e. The Bertz CT molecular complexity index is 524. The highest BCUT2D eigenvalue weighted by Gasteiger charge is 2.36. The molecule has 2 aliphatic rings. The molecule has 0 bridgehead atoms. The Morgan fingerprint density at radius 2 is 2.32 bits per heavy atom. The molecule has 1 saturated heterocycles. The third-order valence-corrected chi connectivity index (χ3v) is 3.83. The van der Waals surface area contributed by atoms with Crippen LogP contribution in [0.5, 0.6) is 0 Å². The first kappa shape index (κ1) is 12.5. The highest BCUT2D eigenvalue weighted by atomic mass is 16.5. The van der Waals surface area contributed by atoms with Crippen LogP contribution < -0.4 is 5.32 Å². The van der Waals surface area contributed by atoms with Gasteiger partial charge in [-0.15, -0.1) is 0 Å². The number of fused-ring (bicyclic) bond motifs is 1. The van der Waals surface area contributed by atoms with Crippen molar-refractivity contribution in [3.05, 3.63) is 22.8 Å². The number of rotatable bonds is 2. The molecule has 6 nitrogen and oxygen atoms in total. The summed E-state index contributed by atoms with van der Waals surface area (Å²) in [4.78, 5) is 20.2. The minimum Gasteiger partial charge on any atom is -0.476 e. The first-order chi connectivity index (χ1) is 9.10. The zero-order valence-corrected chi connectivity index (χ0v) is 10.9. The van der Waals surface area contributed by atoms with Gasteiger partial charge in [-0.2, -0.15) is 0 Å². The molecule has 6 heteroatoms. The van der Waals surface area contributed by atoms with Gasteiger partial charge in [-0.1, -0.05) is 0 Å². The average molecular weight is 263 g/mol. The minimum atomic E-state index is -0.995. The lowest BCUT2D eigenvalue weighted by atomic mass is 9.99. The van der Waals surface area contributed by atoms with Crippen molar-refractivity contribution in [3.8, 4) is 0 Å². The van der Waals surface area contributed by atoms with E-state index in [0.717, 1.165) is 31.5 Å². The van der Waals surface area contributed by atoms with Crippen LogP contribution in [0.1, 0.15) is 47.3 Å². The maximum Gasteiger partial charge on any atom is 0.354 e. The monoisotopic (exact) mass is 263 g/mol. The van der Waals surface area contributed by atoms with Gasteiger partial charge in [0.25, 0.3) is 0 Å². The summed E-state index contributed by atoms with van der Waals surface area (Å²) in [5.74, 6) is -0.478. The molecule has 0 aromatic carbocycles. The predicted octanol–water partition coefficient (Wildman–Crippen LogP) is 0.846. The van der Waals surface area contributed by atoms with Crippen LogP contribution in [-0.4, -0.2) is 34.2 Å². The molecule has 1 aromatic rings. The van der Waals surface area contributed by atoms with Gasteiger partial charge in [0, 0.05) is 31.7 Å². The molecular weight excluding hydrogens is 246 g/mol. The van der Waals surface area contributed by atoms with Gasteiger partial charge in [0.1, 0.15) is 5.60 Å². The lowest BCUT2D eigenvalue weighted by Gasteiger charge is -2.25. The van der Waals surface area contributed by atoms with E-state index < -0.39 is 11.6 Å². The van der Waals surface area contributed by atoms with Gasteiger partial charge in [0.2, 0.25) is 0 Å². The second kappa shape index (κ2) is 4.54. The Hall–Kier alpha value is -1.53. The molecule has 0 radical (unpaired) electrons. The van der Waals surface area contributed by atoms with E-state index in [1.807, 2.05) is 6.92 Å². The molecule has 0 spiro atoms. The first-order valence-electron chi connectivity index (χ1n) is 6.58. The number of carbonyl (C=O) groups is 1. The highest BCUT2D eigenvalue weighted by molar-refractivity contribution is 5.87. The number of hydrogen-bond donors (Lipinski definition) is 2. The van der Waals surface area contributed by atoms with E-state index in [2.05, 4.69) is 15.3 Å². The van der Waals surface area contributed by atoms with Gasteiger partial charge in [-0.05, 0) is 19.8 Å². The van der Waals surface area contributed by atoms with E-state index in [4.69, 9.17) is 4.74 Å². The SMILES string of the molecule is CC1(c2nc3c(c(C(=O)O)n2)CNCC3)CCCO1. The fourth-order valence-corrected chi connectivity index (χ4v) is 2.71. The van der Waals surface area contributed by atoms with Crippen molar-refractivity contribution in [1.29, 1.82) is 0 Å². The molecule has 1 aromatic heterocycles. The first-order valence-corrected chi connectivity index (χ1v) is 6.58. The van der Waals surface area contributed by atoms with Crippen molar-refractivity contribution in [2.75, 3.05) is 13.2 Å². The number of hydrogen-bond acceptors (Lipinski definition) is 5. The van der Waals surface area contributed by atoms with Crippen molar-refractivity contribution in [1.82, 2.24) is 15.3 Å². The predicted molar refractivity (Wildman–Crippen MR) is 66.9 cm³/mol. The zero-order chi connectivity index (χ0) is 13.5. The van der Waals surface area contributed by atoms with Gasteiger partial charge in [-0.3, -0.25) is 0 Å². The van der Waals surface area contributed by atoms with Gasteiger partial charge in [0.05, 0.1) is 5.69 Å². The van der Waals surface area contributed by atoms with Crippen LogP contribution in [0, 0.1) is 0 Å². The molecule has 3 rings (SSSR count). The maximum atomic E-state index is 11.4. The lowest BCUT2D eigenvalue weighted by Crippen LogP contribution is -2.32. The van der Waals surface area contributed by atoms with Crippen molar-refractivity contribution in [2.45, 2.75) is 38.3 Å². The van der Waals surface area contributed by atoms with Crippen LogP contribution in [0.15, 0.2) is 0 Å². The molecule has 2 N–H and O–H groups in total. The van der Waals surface area contributed by atoms with Crippen LogP contribution in [0.3, 0.4) is 0 Å². The van der Waals surface area contributed by atoms with E-state index in [0.29, 0.717) is 24.5 Å². The van der Waals surface area contributed by atoms with Crippen molar-refractivity contribution in [2.24, 2.45) is 0 Å². The van der Waals surface area contributed by atoms with Crippen LogP contribution in [0.2, 0.25) is 0 Å². The van der Waals surface area contributed by atoms with Crippen LogP contribution in [0.25, 0.3) is 0 Å². The number of nitrogens with one attached hydrogen (secondary N) is 1. The molecule has 19 heavy (non-hydrogen) atoms. The summed E-state index contributed by atoms with van der Waals surface area (Å²) in [6.45, 7) is 3.96. The van der Waals surface area contributed by atoms with E-state index in [9.17, 15) is 9.90 Å². The van der Waals surface area contributed by atoms with E-state index >= 15 is 0 Å². The quantitative estimate of drug-likeness (QED) is 0.822. The molecule has 1 atom stereocenters. The Morgan fingerprint density at radius 1 is 1.47 bits per heavy atom. The number of aromatic carboxylic acids is 1. The number of nitrogens with zero attached hydrogens (tertiary/aromatic N) is 2. The van der Waals surface area contributed by atoms with Crippen LogP contribution >= 0.6 is 0 Å². The van der Waals surface area contributed by atoms with Crippen LogP contribution in [-0.2, 0) is 23.3 Å². The molecule has 102 valence electrons. The minimum absolute atomic E-state index is 0.115. The van der Waals surface area contributed by atoms with E-state index in [1.165, 1.54) is 0 Å². The summed E-state index contributed by atoms with van der Waals surface area (Å²) in [5.41, 5.74) is 1.13. The molecule has 1 fully saturated rings. The topological polar surface area (TPSA) is 84.3 Å². The van der Waals surface area contributed by atoms with E-state index in [-0.39, 0.29) is 5.69 Å². The molecule has 3 heterocycles. The fraction of sp³-hybridized carbons (Fsp3) is 0.615. The summed E-state index contributed by atoms with van der Waals surface area (Å²) in [5, 5.41) is 12.5. The molecule has 2 aliphatic heterocycles. The van der Waals surface area contributed by atoms with Crippen molar-refractivity contribution < 1.29 is 14.6 Å². The van der Waals surface area contributed by atoms with Gasteiger partial charge >= 0.3 is 5.97 Å². The fourth-order valence-electron chi connectivity index (χ4n) is 2.71. The Kier molecular flexibility index (Phi) is 2.99. The second-order valence-electron chi connectivity index (χ2n) is 5.24. The summed E-state index contributed by atoms with van der Waals surface area (Å²) in [6, 6.07) is 0. The molecule has 0 aliphatic carbocycles. The van der Waals surface area contributed by atoms with E-state index in [1.54, 1.807) is 0 Å².